The van der Waals surface area contributed by atoms with E-state index in [1.54, 1.807) is 18.6 Å². The molecule has 7 nitrogen and oxygen atoms in total. The number of aromatic amines is 1. The SMILES string of the molecule is O=[N+]([O-])c1cc2c(c3cn[nH]c13)NC=CN=C2c1ccccc1. The summed E-state index contributed by atoms with van der Waals surface area (Å²) in [5.74, 6) is 0. The number of nitrogens with zero attached hydrogens (tertiary/aromatic N) is 3. The van der Waals surface area contributed by atoms with E-state index in [1.165, 1.54) is 6.07 Å². The third kappa shape index (κ3) is 2.06. The van der Waals surface area contributed by atoms with Crippen LogP contribution in [0.5, 0.6) is 0 Å². The van der Waals surface area contributed by atoms with Gasteiger partial charge in [0.25, 0.3) is 5.69 Å². The van der Waals surface area contributed by atoms with Gasteiger partial charge in [0.05, 0.1) is 27.9 Å². The van der Waals surface area contributed by atoms with E-state index in [0.717, 1.165) is 11.3 Å². The minimum atomic E-state index is -0.415. The average molecular weight is 305 g/mol. The molecule has 0 saturated carbocycles. The lowest BCUT2D eigenvalue weighted by Crippen LogP contribution is -2.06. The van der Waals surface area contributed by atoms with E-state index in [1.807, 2.05) is 30.3 Å². The van der Waals surface area contributed by atoms with Crippen LogP contribution in [0.4, 0.5) is 11.4 Å². The highest BCUT2D eigenvalue weighted by Crippen LogP contribution is 2.35. The Morgan fingerprint density at radius 3 is 2.78 bits per heavy atom. The van der Waals surface area contributed by atoms with Crippen LogP contribution in [0.25, 0.3) is 10.9 Å². The highest BCUT2D eigenvalue weighted by atomic mass is 16.6. The highest BCUT2D eigenvalue weighted by molar-refractivity contribution is 6.20. The van der Waals surface area contributed by atoms with Crippen molar-refractivity contribution in [2.24, 2.45) is 4.99 Å². The van der Waals surface area contributed by atoms with Crippen molar-refractivity contribution in [3.8, 4) is 0 Å². The molecular weight excluding hydrogens is 294 g/mol. The maximum Gasteiger partial charge on any atom is 0.295 e. The molecule has 1 aliphatic heterocycles. The molecule has 0 spiro atoms. The fourth-order valence-electron chi connectivity index (χ4n) is 2.71. The van der Waals surface area contributed by atoms with Gasteiger partial charge in [0.2, 0.25) is 0 Å². The number of aromatic nitrogens is 2. The van der Waals surface area contributed by atoms with Crippen LogP contribution in [0.3, 0.4) is 0 Å². The first-order chi connectivity index (χ1) is 11.3. The second-order valence-corrected chi connectivity index (χ2v) is 5.04. The summed E-state index contributed by atoms with van der Waals surface area (Å²) >= 11 is 0. The first kappa shape index (κ1) is 13.2. The Kier molecular flexibility index (Phi) is 2.90. The summed E-state index contributed by atoms with van der Waals surface area (Å²) in [5.41, 5.74) is 3.34. The van der Waals surface area contributed by atoms with Gasteiger partial charge in [-0.2, -0.15) is 5.10 Å². The second-order valence-electron chi connectivity index (χ2n) is 5.04. The lowest BCUT2D eigenvalue weighted by atomic mass is 9.98. The topological polar surface area (TPSA) is 96.2 Å². The van der Waals surface area contributed by atoms with Crippen LogP contribution in [0.15, 0.2) is 60.0 Å². The number of nitro groups is 1. The van der Waals surface area contributed by atoms with Gasteiger partial charge in [-0.15, -0.1) is 0 Å². The normalized spacial score (nSPS) is 13.1. The Hall–Kier alpha value is -3.48. The van der Waals surface area contributed by atoms with Gasteiger partial charge >= 0.3 is 0 Å². The van der Waals surface area contributed by atoms with E-state index in [4.69, 9.17) is 0 Å². The molecule has 7 heteroatoms. The molecule has 2 heterocycles. The largest absolute Gasteiger partial charge is 0.359 e. The standard InChI is InChI=1S/C16H11N5O2/c22-21(23)13-8-11-14(10-4-2-1-3-5-10)17-6-7-18-15(11)12-9-19-20-16(12)13/h1-9,18H,(H,19,20). The van der Waals surface area contributed by atoms with Crippen molar-refractivity contribution in [3.05, 3.63) is 76.2 Å². The fourth-order valence-corrected chi connectivity index (χ4v) is 2.71. The number of fused-ring (bicyclic) bond motifs is 3. The monoisotopic (exact) mass is 305 g/mol. The molecule has 0 fully saturated rings. The molecule has 4 rings (SSSR count). The van der Waals surface area contributed by atoms with Gasteiger partial charge < -0.3 is 5.32 Å². The molecule has 1 aromatic heterocycles. The van der Waals surface area contributed by atoms with Crippen LogP contribution in [-0.4, -0.2) is 20.8 Å². The number of rotatable bonds is 2. The van der Waals surface area contributed by atoms with Crippen LogP contribution >= 0.6 is 0 Å². The molecule has 0 unspecified atom stereocenters. The van der Waals surface area contributed by atoms with Crippen molar-refractivity contribution in [1.29, 1.82) is 0 Å². The number of non-ortho nitro benzene ring substituents is 1. The van der Waals surface area contributed by atoms with Gasteiger partial charge in [-0.25, -0.2) is 0 Å². The molecule has 1 aliphatic rings. The summed E-state index contributed by atoms with van der Waals surface area (Å²) in [6, 6.07) is 11.1. The Labute approximate surface area is 130 Å². The van der Waals surface area contributed by atoms with Crippen LogP contribution in [-0.2, 0) is 0 Å². The quantitative estimate of drug-likeness (QED) is 0.561. The van der Waals surface area contributed by atoms with Crippen molar-refractivity contribution in [3.63, 3.8) is 0 Å². The highest BCUT2D eigenvalue weighted by Gasteiger charge is 2.24. The molecule has 0 aliphatic carbocycles. The molecule has 112 valence electrons. The zero-order valence-electron chi connectivity index (χ0n) is 11.9. The van der Waals surface area contributed by atoms with Crippen LogP contribution < -0.4 is 5.32 Å². The predicted octanol–water partition coefficient (Wildman–Crippen LogP) is 3.21. The molecule has 0 bridgehead atoms. The smallest absolute Gasteiger partial charge is 0.295 e. The van der Waals surface area contributed by atoms with Crippen molar-refractivity contribution in [1.82, 2.24) is 10.2 Å². The van der Waals surface area contributed by atoms with E-state index < -0.39 is 4.92 Å². The number of nitrogens with one attached hydrogen (secondary N) is 2. The first-order valence-corrected chi connectivity index (χ1v) is 6.95. The molecule has 2 aromatic carbocycles. The number of aliphatic imine (C=N–C) groups is 1. The summed E-state index contributed by atoms with van der Waals surface area (Å²) in [5, 5.41) is 21.9. The number of benzene rings is 2. The molecular formula is C16H11N5O2. The molecule has 0 saturated heterocycles. The Morgan fingerprint density at radius 1 is 1.17 bits per heavy atom. The lowest BCUT2D eigenvalue weighted by Gasteiger charge is -2.11. The number of hydrogen-bond donors (Lipinski definition) is 2. The van der Waals surface area contributed by atoms with E-state index in [0.29, 0.717) is 22.2 Å². The summed E-state index contributed by atoms with van der Waals surface area (Å²) in [6.45, 7) is 0. The van der Waals surface area contributed by atoms with E-state index in [9.17, 15) is 10.1 Å². The summed E-state index contributed by atoms with van der Waals surface area (Å²) in [4.78, 5) is 15.4. The van der Waals surface area contributed by atoms with Gasteiger partial charge in [0.1, 0.15) is 5.52 Å². The predicted molar refractivity (Wildman–Crippen MR) is 87.6 cm³/mol. The third-order valence-corrected chi connectivity index (χ3v) is 3.72. The zero-order valence-corrected chi connectivity index (χ0v) is 11.9. The fraction of sp³-hybridized carbons (Fsp3) is 0. The molecule has 2 N–H and O–H groups in total. The van der Waals surface area contributed by atoms with Crippen LogP contribution in [0.1, 0.15) is 11.1 Å². The van der Waals surface area contributed by atoms with E-state index in [2.05, 4.69) is 20.5 Å². The van der Waals surface area contributed by atoms with Gasteiger partial charge in [0, 0.05) is 29.6 Å². The lowest BCUT2D eigenvalue weighted by molar-refractivity contribution is -0.383. The molecule has 0 amide bonds. The van der Waals surface area contributed by atoms with Crippen LogP contribution in [0.2, 0.25) is 0 Å². The van der Waals surface area contributed by atoms with E-state index >= 15 is 0 Å². The molecule has 0 atom stereocenters. The minimum absolute atomic E-state index is 0.0245. The first-order valence-electron chi connectivity index (χ1n) is 6.95. The Balaban J connectivity index is 2.06. The zero-order chi connectivity index (χ0) is 15.8. The number of H-pyrrole nitrogens is 1. The van der Waals surface area contributed by atoms with E-state index in [-0.39, 0.29) is 5.69 Å². The summed E-state index contributed by atoms with van der Waals surface area (Å²) < 4.78 is 0. The van der Waals surface area contributed by atoms with Gasteiger partial charge in [-0.1, -0.05) is 30.3 Å². The number of hydrogen-bond acceptors (Lipinski definition) is 5. The summed E-state index contributed by atoms with van der Waals surface area (Å²) in [6.07, 6.45) is 4.92. The molecule has 3 aromatic rings. The minimum Gasteiger partial charge on any atom is -0.359 e. The van der Waals surface area contributed by atoms with Crippen molar-refractivity contribution in [2.75, 3.05) is 5.32 Å². The van der Waals surface area contributed by atoms with Crippen molar-refractivity contribution in [2.45, 2.75) is 0 Å². The average Bonchev–Trinajstić information content (AvgIpc) is 2.95. The molecule has 0 radical (unpaired) electrons. The maximum absolute atomic E-state index is 11.4. The van der Waals surface area contributed by atoms with Crippen LogP contribution in [0, 0.1) is 10.1 Å². The Morgan fingerprint density at radius 2 is 2.00 bits per heavy atom. The molecule has 23 heavy (non-hydrogen) atoms. The van der Waals surface area contributed by atoms with Gasteiger partial charge in [-0.05, 0) is 0 Å². The van der Waals surface area contributed by atoms with Gasteiger partial charge in [-0.3, -0.25) is 20.2 Å². The Bertz CT molecular complexity index is 973. The van der Waals surface area contributed by atoms with Crippen molar-refractivity contribution < 1.29 is 4.92 Å². The van der Waals surface area contributed by atoms with Gasteiger partial charge in [0.15, 0.2) is 0 Å². The van der Waals surface area contributed by atoms with Crippen molar-refractivity contribution >= 4 is 28.0 Å². The maximum atomic E-state index is 11.4. The third-order valence-electron chi connectivity index (χ3n) is 3.72. The second kappa shape index (κ2) is 5.06. The summed E-state index contributed by atoms with van der Waals surface area (Å²) in [7, 11) is 0. The number of nitro benzene ring substituents is 1. The number of anilines is 1.